The Morgan fingerprint density at radius 1 is 0.517 bits per heavy atom. The third-order valence-corrected chi connectivity index (χ3v) is 10.7. The van der Waals surface area contributed by atoms with E-state index in [2.05, 4.69) is 75.4 Å². The SMILES string of the molecule is COc1ccc(C)c[c]1[Ge]([c]1cc(C)ccc1OC)[c]1cc(C)ccc1OC.[K]. The van der Waals surface area contributed by atoms with Gasteiger partial charge in [0.15, 0.2) is 0 Å². The van der Waals surface area contributed by atoms with Crippen LogP contribution >= 0.6 is 0 Å². The van der Waals surface area contributed by atoms with E-state index in [4.69, 9.17) is 14.2 Å². The summed E-state index contributed by atoms with van der Waals surface area (Å²) in [6, 6.07) is 19.3. The van der Waals surface area contributed by atoms with Gasteiger partial charge in [0.2, 0.25) is 0 Å². The Morgan fingerprint density at radius 3 is 1.03 bits per heavy atom. The fourth-order valence-electron chi connectivity index (χ4n) is 3.49. The Hall–Kier alpha value is -0.761. The molecule has 0 spiro atoms. The van der Waals surface area contributed by atoms with E-state index in [1.807, 2.05) is 0 Å². The van der Waals surface area contributed by atoms with Gasteiger partial charge in [-0.15, -0.1) is 0 Å². The standard InChI is InChI=1S/C24H27GeO3.K/c1-16-7-10-22(26-4)19(13-16)25(20-14-17(2)8-11-23(20)27-5)21-15-18(3)9-12-24(21)28-6;/h7-15H,1-6H3;. The van der Waals surface area contributed by atoms with Gasteiger partial charge in [-0.05, 0) is 0 Å². The molecule has 0 heterocycles. The molecule has 2 radical (unpaired) electrons. The molecule has 0 N–H and O–H groups in total. The number of ether oxygens (including phenoxy) is 3. The monoisotopic (exact) mass is 476 g/mol. The maximum atomic E-state index is 5.79. The van der Waals surface area contributed by atoms with Crippen molar-refractivity contribution in [2.75, 3.05) is 21.3 Å². The molecular formula is C24H27GeKO3. The van der Waals surface area contributed by atoms with E-state index in [-0.39, 0.29) is 51.4 Å². The molecule has 3 aromatic rings. The maximum Gasteiger partial charge on any atom is 0 e. The fourth-order valence-corrected chi connectivity index (χ4v) is 10.4. The van der Waals surface area contributed by atoms with Crippen LogP contribution in [-0.4, -0.2) is 87.1 Å². The second kappa shape index (κ2) is 11.0. The summed E-state index contributed by atoms with van der Waals surface area (Å²) >= 11 is -2.31. The van der Waals surface area contributed by atoms with Crippen molar-refractivity contribution in [1.29, 1.82) is 0 Å². The molecule has 0 aromatic heterocycles. The van der Waals surface area contributed by atoms with Crippen LogP contribution in [0.5, 0.6) is 17.2 Å². The third kappa shape index (κ3) is 5.49. The minimum atomic E-state index is -2.31. The molecule has 0 aliphatic carbocycles. The zero-order valence-corrected chi connectivity index (χ0v) is 23.6. The van der Waals surface area contributed by atoms with E-state index in [1.165, 1.54) is 29.9 Å². The summed E-state index contributed by atoms with van der Waals surface area (Å²) in [5.74, 6) is 2.77. The Bertz CT molecular complexity index is 861. The summed E-state index contributed by atoms with van der Waals surface area (Å²) in [6.07, 6.45) is 0. The molecule has 3 aromatic carbocycles. The molecule has 0 bridgehead atoms. The zero-order valence-electron chi connectivity index (χ0n) is 18.4. The number of aryl methyl sites for hydroxylation is 3. The van der Waals surface area contributed by atoms with Crippen molar-refractivity contribution in [2.24, 2.45) is 0 Å². The predicted molar refractivity (Wildman–Crippen MR) is 124 cm³/mol. The average molecular weight is 475 g/mol. The van der Waals surface area contributed by atoms with Crippen molar-refractivity contribution < 1.29 is 14.2 Å². The van der Waals surface area contributed by atoms with Crippen LogP contribution in [0.2, 0.25) is 0 Å². The number of benzene rings is 3. The molecule has 5 heteroatoms. The van der Waals surface area contributed by atoms with Crippen molar-refractivity contribution in [1.82, 2.24) is 0 Å². The summed E-state index contributed by atoms with van der Waals surface area (Å²) < 4.78 is 21.2. The number of hydrogen-bond acceptors (Lipinski definition) is 3. The third-order valence-electron chi connectivity index (χ3n) is 4.87. The normalized spacial score (nSPS) is 10.4. The van der Waals surface area contributed by atoms with Crippen LogP contribution in [-0.2, 0) is 0 Å². The minimum absolute atomic E-state index is 0. The van der Waals surface area contributed by atoms with Gasteiger partial charge in [-0.3, -0.25) is 0 Å². The molecule has 0 saturated carbocycles. The molecule has 0 aliphatic rings. The Morgan fingerprint density at radius 2 is 0.793 bits per heavy atom. The summed E-state index contributed by atoms with van der Waals surface area (Å²) in [4.78, 5) is 0. The quantitative estimate of drug-likeness (QED) is 0.514. The molecule has 0 fully saturated rings. The molecule has 3 rings (SSSR count). The van der Waals surface area contributed by atoms with Gasteiger partial charge < -0.3 is 0 Å². The topological polar surface area (TPSA) is 27.7 Å². The van der Waals surface area contributed by atoms with E-state index in [0.717, 1.165) is 17.2 Å². The number of rotatable bonds is 6. The van der Waals surface area contributed by atoms with Crippen LogP contribution < -0.4 is 27.4 Å². The van der Waals surface area contributed by atoms with Gasteiger partial charge in [-0.25, -0.2) is 0 Å². The summed E-state index contributed by atoms with van der Waals surface area (Å²) in [5.41, 5.74) is 3.66. The molecule has 0 saturated heterocycles. The Labute approximate surface area is 221 Å². The second-order valence-corrected chi connectivity index (χ2v) is 12.0. The first kappa shape index (κ1) is 24.5. The van der Waals surface area contributed by atoms with Gasteiger partial charge in [0, 0.05) is 51.4 Å². The van der Waals surface area contributed by atoms with Crippen molar-refractivity contribution in [2.45, 2.75) is 20.8 Å². The maximum absolute atomic E-state index is 5.79. The molecular weight excluding hydrogens is 448 g/mol. The van der Waals surface area contributed by atoms with Gasteiger partial charge in [0.05, 0.1) is 0 Å². The van der Waals surface area contributed by atoms with Crippen LogP contribution in [0.3, 0.4) is 0 Å². The molecule has 0 amide bonds. The smallest absolute Gasteiger partial charge is 0 e. The number of hydrogen-bond donors (Lipinski definition) is 0. The van der Waals surface area contributed by atoms with Crippen molar-refractivity contribution in [3.05, 3.63) is 71.3 Å². The summed E-state index contributed by atoms with van der Waals surface area (Å²) in [7, 11) is 5.22. The first-order valence-corrected chi connectivity index (χ1v) is 12.4. The van der Waals surface area contributed by atoms with Gasteiger partial charge in [0.25, 0.3) is 0 Å². The van der Waals surface area contributed by atoms with Crippen LogP contribution in [0.1, 0.15) is 16.7 Å². The molecule has 29 heavy (non-hydrogen) atoms. The molecule has 0 unspecified atom stereocenters. The second-order valence-electron chi connectivity index (χ2n) is 6.99. The van der Waals surface area contributed by atoms with Crippen molar-refractivity contribution >= 4 is 78.9 Å². The van der Waals surface area contributed by atoms with Crippen LogP contribution in [0, 0.1) is 20.8 Å². The van der Waals surface area contributed by atoms with Gasteiger partial charge in [-0.1, -0.05) is 0 Å². The summed E-state index contributed by atoms with van der Waals surface area (Å²) in [5, 5.41) is 0. The average Bonchev–Trinajstić information content (AvgIpc) is 2.69. The van der Waals surface area contributed by atoms with Crippen molar-refractivity contribution in [3.8, 4) is 17.2 Å². The van der Waals surface area contributed by atoms with Gasteiger partial charge >= 0.3 is 172 Å². The first-order chi connectivity index (χ1) is 13.5. The van der Waals surface area contributed by atoms with Crippen molar-refractivity contribution in [3.63, 3.8) is 0 Å². The molecule has 0 aliphatic heterocycles. The summed E-state index contributed by atoms with van der Waals surface area (Å²) in [6.45, 7) is 6.37. The molecule has 146 valence electrons. The van der Waals surface area contributed by atoms with Gasteiger partial charge in [-0.2, -0.15) is 0 Å². The Kier molecular flexibility index (Phi) is 9.32. The largest absolute Gasteiger partial charge is 0 e. The number of methoxy groups -OCH3 is 3. The molecule has 3 nitrogen and oxygen atoms in total. The van der Waals surface area contributed by atoms with Gasteiger partial charge in [0.1, 0.15) is 0 Å². The minimum Gasteiger partial charge on any atom is 0 e. The Balaban J connectivity index is 0.00000300. The van der Waals surface area contributed by atoms with E-state index >= 15 is 0 Å². The van der Waals surface area contributed by atoms with Crippen LogP contribution in [0.25, 0.3) is 0 Å². The fraction of sp³-hybridized carbons (Fsp3) is 0.250. The predicted octanol–water partition coefficient (Wildman–Crippen LogP) is 2.77. The first-order valence-electron chi connectivity index (χ1n) is 9.30. The van der Waals surface area contributed by atoms with E-state index in [9.17, 15) is 0 Å². The molecule has 0 atom stereocenters. The van der Waals surface area contributed by atoms with E-state index in [0.29, 0.717) is 0 Å². The van der Waals surface area contributed by atoms with E-state index < -0.39 is 14.3 Å². The van der Waals surface area contributed by atoms with E-state index in [1.54, 1.807) is 21.3 Å². The van der Waals surface area contributed by atoms with Crippen LogP contribution in [0.4, 0.5) is 0 Å². The zero-order chi connectivity index (χ0) is 20.3. The van der Waals surface area contributed by atoms with Crippen LogP contribution in [0.15, 0.2) is 54.6 Å².